The molecule has 1 amide bonds. The second-order valence-corrected chi connectivity index (χ2v) is 6.60. The monoisotopic (exact) mass is 353 g/mol. The van der Waals surface area contributed by atoms with Gasteiger partial charge in [-0.05, 0) is 44.5 Å². The summed E-state index contributed by atoms with van der Waals surface area (Å²) < 4.78 is 1.10. The minimum atomic E-state index is 0.0419. The maximum atomic E-state index is 11.7. The van der Waals surface area contributed by atoms with Crippen molar-refractivity contribution in [3.63, 3.8) is 0 Å². The number of carbonyl (C=O) groups is 1. The quantitative estimate of drug-likeness (QED) is 0.872. The smallest absolute Gasteiger partial charge is 0.222 e. The molecule has 2 rings (SSSR count). The SMILES string of the molecule is CNC(=O)C1CCN(C(c2ccccc2Br)C(C)N)CC1. The Morgan fingerprint density at radius 2 is 2.00 bits per heavy atom. The Morgan fingerprint density at radius 3 is 2.52 bits per heavy atom. The van der Waals surface area contributed by atoms with Crippen LogP contribution in [-0.4, -0.2) is 37.0 Å². The average Bonchev–Trinajstić information content (AvgIpc) is 2.49. The first-order chi connectivity index (χ1) is 10.0. The van der Waals surface area contributed by atoms with E-state index in [1.807, 2.05) is 12.1 Å². The van der Waals surface area contributed by atoms with Crippen LogP contribution >= 0.6 is 15.9 Å². The lowest BCUT2D eigenvalue weighted by atomic mass is 9.91. The van der Waals surface area contributed by atoms with Gasteiger partial charge in [-0.3, -0.25) is 9.69 Å². The van der Waals surface area contributed by atoms with Gasteiger partial charge in [-0.15, -0.1) is 0 Å². The number of amides is 1. The van der Waals surface area contributed by atoms with Gasteiger partial charge in [0.05, 0.1) is 6.04 Å². The highest BCUT2D eigenvalue weighted by Crippen LogP contribution is 2.32. The molecular formula is C16H24BrN3O. The zero-order valence-corrected chi connectivity index (χ0v) is 14.3. The number of piperidine rings is 1. The lowest BCUT2D eigenvalue weighted by molar-refractivity contribution is -0.126. The zero-order valence-electron chi connectivity index (χ0n) is 12.7. The Labute approximate surface area is 135 Å². The standard InChI is InChI=1S/C16H24BrN3O/c1-11(18)15(13-5-3-4-6-14(13)17)20-9-7-12(8-10-20)16(21)19-2/h3-6,11-12,15H,7-10,18H2,1-2H3,(H,19,21). The number of carbonyl (C=O) groups excluding carboxylic acids is 1. The van der Waals surface area contributed by atoms with Crippen molar-refractivity contribution in [3.05, 3.63) is 34.3 Å². The molecule has 1 aromatic carbocycles. The number of likely N-dealkylation sites (tertiary alicyclic amines) is 1. The van der Waals surface area contributed by atoms with Crippen molar-refractivity contribution in [2.75, 3.05) is 20.1 Å². The van der Waals surface area contributed by atoms with Crippen molar-refractivity contribution in [3.8, 4) is 0 Å². The van der Waals surface area contributed by atoms with Crippen molar-refractivity contribution in [2.45, 2.75) is 31.8 Å². The Hall–Kier alpha value is -0.910. The van der Waals surface area contributed by atoms with Crippen LogP contribution in [0.5, 0.6) is 0 Å². The van der Waals surface area contributed by atoms with Gasteiger partial charge in [0.2, 0.25) is 5.91 Å². The summed E-state index contributed by atoms with van der Waals surface area (Å²) in [4.78, 5) is 14.1. The van der Waals surface area contributed by atoms with Crippen LogP contribution in [0.4, 0.5) is 0 Å². The van der Waals surface area contributed by atoms with Crippen LogP contribution in [0.2, 0.25) is 0 Å². The average molecular weight is 354 g/mol. The van der Waals surface area contributed by atoms with Crippen molar-refractivity contribution >= 4 is 21.8 Å². The molecule has 3 N–H and O–H groups in total. The largest absolute Gasteiger partial charge is 0.359 e. The molecule has 0 spiro atoms. The maximum absolute atomic E-state index is 11.7. The van der Waals surface area contributed by atoms with Crippen LogP contribution in [0.1, 0.15) is 31.4 Å². The van der Waals surface area contributed by atoms with Crippen molar-refractivity contribution in [1.82, 2.24) is 10.2 Å². The highest BCUT2D eigenvalue weighted by Gasteiger charge is 2.31. The van der Waals surface area contributed by atoms with E-state index in [9.17, 15) is 4.79 Å². The molecule has 1 aromatic rings. The van der Waals surface area contributed by atoms with Gasteiger partial charge in [-0.2, -0.15) is 0 Å². The third kappa shape index (κ3) is 3.84. The summed E-state index contributed by atoms with van der Waals surface area (Å²) in [5.41, 5.74) is 7.47. The van der Waals surface area contributed by atoms with Gasteiger partial charge < -0.3 is 11.1 Å². The van der Waals surface area contributed by atoms with E-state index >= 15 is 0 Å². The lowest BCUT2D eigenvalue weighted by Gasteiger charge is -2.39. The van der Waals surface area contributed by atoms with E-state index in [1.54, 1.807) is 7.05 Å². The van der Waals surface area contributed by atoms with Gasteiger partial charge in [0, 0.05) is 23.5 Å². The van der Waals surface area contributed by atoms with Gasteiger partial charge in [-0.25, -0.2) is 0 Å². The summed E-state index contributed by atoms with van der Waals surface area (Å²) in [6, 6.07) is 8.48. The van der Waals surface area contributed by atoms with Crippen LogP contribution in [0.15, 0.2) is 28.7 Å². The minimum Gasteiger partial charge on any atom is -0.359 e. The van der Waals surface area contributed by atoms with Crippen LogP contribution in [0.3, 0.4) is 0 Å². The van der Waals surface area contributed by atoms with E-state index in [0.717, 1.165) is 30.4 Å². The summed E-state index contributed by atoms with van der Waals surface area (Å²) in [6.07, 6.45) is 1.79. The second kappa shape index (κ2) is 7.38. The number of hydrogen-bond donors (Lipinski definition) is 2. The van der Waals surface area contributed by atoms with E-state index < -0.39 is 0 Å². The van der Waals surface area contributed by atoms with Crippen molar-refractivity contribution in [2.24, 2.45) is 11.7 Å². The molecule has 1 heterocycles. The Morgan fingerprint density at radius 1 is 1.38 bits per heavy atom. The summed E-state index contributed by atoms with van der Waals surface area (Å²) in [6.45, 7) is 3.87. The topological polar surface area (TPSA) is 58.4 Å². The normalized spacial score (nSPS) is 20.0. The highest BCUT2D eigenvalue weighted by molar-refractivity contribution is 9.10. The molecule has 0 radical (unpaired) electrons. The number of benzene rings is 1. The Balaban J connectivity index is 2.11. The minimum absolute atomic E-state index is 0.0419. The van der Waals surface area contributed by atoms with Gasteiger partial charge in [-0.1, -0.05) is 34.1 Å². The van der Waals surface area contributed by atoms with Gasteiger partial charge in [0.25, 0.3) is 0 Å². The number of nitrogens with one attached hydrogen (secondary N) is 1. The van der Waals surface area contributed by atoms with Crippen LogP contribution in [0, 0.1) is 5.92 Å². The fraction of sp³-hybridized carbons (Fsp3) is 0.562. The second-order valence-electron chi connectivity index (χ2n) is 5.75. The van der Waals surface area contributed by atoms with Crippen LogP contribution in [-0.2, 0) is 4.79 Å². The van der Waals surface area contributed by atoms with Crippen molar-refractivity contribution < 1.29 is 4.79 Å². The number of nitrogens with two attached hydrogens (primary N) is 1. The predicted octanol–water partition coefficient (Wildman–Crippen LogP) is 2.30. The zero-order chi connectivity index (χ0) is 15.4. The highest BCUT2D eigenvalue weighted by atomic mass is 79.9. The molecular weight excluding hydrogens is 330 g/mol. The molecule has 0 bridgehead atoms. The summed E-state index contributed by atoms with van der Waals surface area (Å²) >= 11 is 3.63. The molecule has 0 aromatic heterocycles. The van der Waals surface area contributed by atoms with E-state index in [-0.39, 0.29) is 23.9 Å². The lowest BCUT2D eigenvalue weighted by Crippen LogP contribution is -2.46. The first kappa shape index (κ1) is 16.5. The Bertz CT molecular complexity index is 484. The first-order valence-electron chi connectivity index (χ1n) is 7.50. The number of halogens is 1. The molecule has 2 unspecified atom stereocenters. The number of hydrogen-bond acceptors (Lipinski definition) is 3. The summed E-state index contributed by atoms with van der Waals surface area (Å²) in [5.74, 6) is 0.298. The van der Waals surface area contributed by atoms with E-state index in [1.165, 1.54) is 5.56 Å². The summed E-state index contributed by atoms with van der Waals surface area (Å²) in [7, 11) is 1.71. The molecule has 0 aliphatic carbocycles. The third-order valence-electron chi connectivity index (χ3n) is 4.26. The molecule has 5 heteroatoms. The fourth-order valence-corrected chi connectivity index (χ4v) is 3.69. The first-order valence-corrected chi connectivity index (χ1v) is 8.29. The molecule has 1 fully saturated rings. The predicted molar refractivity (Wildman–Crippen MR) is 88.9 cm³/mol. The van der Waals surface area contributed by atoms with Crippen molar-refractivity contribution in [1.29, 1.82) is 0 Å². The van der Waals surface area contributed by atoms with E-state index in [0.29, 0.717) is 0 Å². The van der Waals surface area contributed by atoms with E-state index in [2.05, 4.69) is 45.2 Å². The maximum Gasteiger partial charge on any atom is 0.222 e. The molecule has 4 nitrogen and oxygen atoms in total. The number of rotatable bonds is 4. The molecule has 1 aliphatic heterocycles. The molecule has 2 atom stereocenters. The number of nitrogens with zero attached hydrogens (tertiary/aromatic N) is 1. The molecule has 116 valence electrons. The molecule has 1 aliphatic rings. The van der Waals surface area contributed by atoms with Gasteiger partial charge in [0.1, 0.15) is 0 Å². The van der Waals surface area contributed by atoms with Crippen LogP contribution in [0.25, 0.3) is 0 Å². The van der Waals surface area contributed by atoms with Crippen LogP contribution < -0.4 is 11.1 Å². The van der Waals surface area contributed by atoms with Gasteiger partial charge in [0.15, 0.2) is 0 Å². The van der Waals surface area contributed by atoms with E-state index in [4.69, 9.17) is 5.73 Å². The third-order valence-corrected chi connectivity index (χ3v) is 4.98. The molecule has 1 saturated heterocycles. The fourth-order valence-electron chi connectivity index (χ4n) is 3.17. The Kier molecular flexibility index (Phi) is 5.79. The summed E-state index contributed by atoms with van der Waals surface area (Å²) in [5, 5.41) is 2.75. The molecule has 0 saturated carbocycles. The molecule has 21 heavy (non-hydrogen) atoms. The van der Waals surface area contributed by atoms with Gasteiger partial charge >= 0.3 is 0 Å².